The van der Waals surface area contributed by atoms with Gasteiger partial charge in [0.2, 0.25) is 0 Å². The molecule has 4 nitrogen and oxygen atoms in total. The van der Waals surface area contributed by atoms with E-state index in [0.29, 0.717) is 16.5 Å². The molecule has 0 spiro atoms. The molecule has 0 saturated carbocycles. The van der Waals surface area contributed by atoms with Crippen LogP contribution in [0.1, 0.15) is 15.9 Å². The maximum atomic E-state index is 13.1. The van der Waals surface area contributed by atoms with Gasteiger partial charge in [0.05, 0.1) is 5.56 Å². The third kappa shape index (κ3) is 3.11. The number of rotatable bonds is 4. The van der Waals surface area contributed by atoms with Gasteiger partial charge < -0.3 is 10.3 Å². The van der Waals surface area contributed by atoms with Gasteiger partial charge in [-0.15, -0.1) is 0 Å². The van der Waals surface area contributed by atoms with Crippen molar-refractivity contribution in [2.24, 2.45) is 0 Å². The Morgan fingerprint density at radius 3 is 2.43 bits per heavy atom. The van der Waals surface area contributed by atoms with Crippen LogP contribution in [0.4, 0.5) is 8.78 Å². The fraction of sp³-hybridized carbons (Fsp3) is 0.0588. The van der Waals surface area contributed by atoms with E-state index in [1.165, 1.54) is 48.7 Å². The van der Waals surface area contributed by atoms with Gasteiger partial charge in [-0.05, 0) is 35.9 Å². The molecule has 0 fully saturated rings. The van der Waals surface area contributed by atoms with Crippen LogP contribution in [-0.4, -0.2) is 16.7 Å². The van der Waals surface area contributed by atoms with Crippen molar-refractivity contribution in [1.82, 2.24) is 10.3 Å². The van der Waals surface area contributed by atoms with Gasteiger partial charge in [0, 0.05) is 23.6 Å². The number of hydrogen-bond acceptors (Lipinski definition) is 2. The molecule has 116 valence electrons. The lowest BCUT2D eigenvalue weighted by atomic mass is 10.1. The van der Waals surface area contributed by atoms with Gasteiger partial charge >= 0.3 is 0 Å². The van der Waals surface area contributed by atoms with Crippen molar-refractivity contribution in [2.45, 2.75) is 6.54 Å². The van der Waals surface area contributed by atoms with Gasteiger partial charge in [0.15, 0.2) is 0 Å². The van der Waals surface area contributed by atoms with E-state index in [2.05, 4.69) is 10.3 Å². The number of hydrogen-bond donors (Lipinski definition) is 2. The summed E-state index contributed by atoms with van der Waals surface area (Å²) >= 11 is 0. The van der Waals surface area contributed by atoms with Gasteiger partial charge in [0.25, 0.3) is 11.7 Å². The third-order valence-electron chi connectivity index (χ3n) is 3.46. The lowest BCUT2D eigenvalue weighted by Gasteiger charge is -2.04. The lowest BCUT2D eigenvalue weighted by molar-refractivity contribution is -0.117. The molecule has 1 amide bonds. The SMILES string of the molecule is O=C(NCc1ccc(F)cc1)C(=O)c1c[nH]c2cc(F)ccc12. The predicted octanol–water partition coefficient (Wildman–Crippen LogP) is 2.95. The number of amides is 1. The molecule has 0 saturated heterocycles. The maximum absolute atomic E-state index is 13.1. The molecule has 0 unspecified atom stereocenters. The highest BCUT2D eigenvalue weighted by molar-refractivity contribution is 6.44. The highest BCUT2D eigenvalue weighted by Gasteiger charge is 2.19. The van der Waals surface area contributed by atoms with Crippen LogP contribution >= 0.6 is 0 Å². The zero-order chi connectivity index (χ0) is 16.4. The fourth-order valence-electron chi connectivity index (χ4n) is 2.27. The van der Waals surface area contributed by atoms with E-state index in [-0.39, 0.29) is 17.9 Å². The topological polar surface area (TPSA) is 62.0 Å². The summed E-state index contributed by atoms with van der Waals surface area (Å²) in [6.07, 6.45) is 1.38. The zero-order valence-electron chi connectivity index (χ0n) is 11.9. The Morgan fingerprint density at radius 2 is 1.70 bits per heavy atom. The number of carbonyl (C=O) groups is 2. The molecular formula is C17H12F2N2O2. The molecule has 1 aromatic heterocycles. The first-order valence-corrected chi connectivity index (χ1v) is 6.88. The first kappa shape index (κ1) is 14.9. The van der Waals surface area contributed by atoms with Crippen molar-refractivity contribution in [3.63, 3.8) is 0 Å². The molecule has 6 heteroatoms. The standard InChI is InChI=1S/C17H12F2N2O2/c18-11-3-1-10(2-4-11)8-21-17(23)16(22)14-9-20-15-7-12(19)5-6-13(14)15/h1-7,9,20H,8H2,(H,21,23). The Morgan fingerprint density at radius 1 is 1.00 bits per heavy atom. The van der Waals surface area contributed by atoms with E-state index < -0.39 is 17.5 Å². The second kappa shape index (κ2) is 6.00. The summed E-state index contributed by atoms with van der Waals surface area (Å²) in [5.41, 5.74) is 1.30. The minimum Gasteiger partial charge on any atom is -0.360 e. The Hall–Kier alpha value is -3.02. The van der Waals surface area contributed by atoms with Crippen molar-refractivity contribution in [3.8, 4) is 0 Å². The molecular weight excluding hydrogens is 302 g/mol. The van der Waals surface area contributed by atoms with E-state index in [1.807, 2.05) is 0 Å². The maximum Gasteiger partial charge on any atom is 0.292 e. The van der Waals surface area contributed by atoms with Crippen LogP contribution < -0.4 is 5.32 Å². The molecule has 2 N–H and O–H groups in total. The van der Waals surface area contributed by atoms with Gasteiger partial charge in [-0.1, -0.05) is 12.1 Å². The number of benzene rings is 2. The van der Waals surface area contributed by atoms with Gasteiger partial charge in [-0.25, -0.2) is 8.78 Å². The normalized spacial score (nSPS) is 10.7. The predicted molar refractivity (Wildman–Crippen MR) is 80.8 cm³/mol. The van der Waals surface area contributed by atoms with Gasteiger partial charge in [-0.2, -0.15) is 0 Å². The smallest absolute Gasteiger partial charge is 0.292 e. The number of ketones is 1. The number of halogens is 2. The quantitative estimate of drug-likeness (QED) is 0.574. The average Bonchev–Trinajstić information content (AvgIpc) is 2.96. The second-order valence-corrected chi connectivity index (χ2v) is 5.03. The Kier molecular flexibility index (Phi) is 3.89. The second-order valence-electron chi connectivity index (χ2n) is 5.03. The van der Waals surface area contributed by atoms with Crippen molar-refractivity contribution in [3.05, 3.63) is 71.4 Å². The highest BCUT2D eigenvalue weighted by Crippen LogP contribution is 2.19. The molecule has 1 heterocycles. The highest BCUT2D eigenvalue weighted by atomic mass is 19.1. The summed E-state index contributed by atoms with van der Waals surface area (Å²) < 4.78 is 25.9. The van der Waals surface area contributed by atoms with Crippen LogP contribution in [0.2, 0.25) is 0 Å². The minimum absolute atomic E-state index is 0.113. The molecule has 0 aliphatic heterocycles. The van der Waals surface area contributed by atoms with Crippen LogP contribution in [0.5, 0.6) is 0 Å². The number of Topliss-reactive ketones (excluding diaryl/α,β-unsaturated/α-hetero) is 1. The van der Waals surface area contributed by atoms with Crippen molar-refractivity contribution in [2.75, 3.05) is 0 Å². The van der Waals surface area contributed by atoms with Crippen molar-refractivity contribution < 1.29 is 18.4 Å². The molecule has 3 rings (SSSR count). The summed E-state index contributed by atoms with van der Waals surface area (Å²) in [6, 6.07) is 9.52. The van der Waals surface area contributed by atoms with Crippen LogP contribution in [-0.2, 0) is 11.3 Å². The lowest BCUT2D eigenvalue weighted by Crippen LogP contribution is -2.30. The van der Waals surface area contributed by atoms with Gasteiger partial charge in [0.1, 0.15) is 11.6 Å². The molecule has 0 aliphatic carbocycles. The molecule has 0 radical (unpaired) electrons. The largest absolute Gasteiger partial charge is 0.360 e. The molecule has 2 aromatic carbocycles. The van der Waals surface area contributed by atoms with Crippen LogP contribution in [0.3, 0.4) is 0 Å². The summed E-state index contributed by atoms with van der Waals surface area (Å²) in [7, 11) is 0. The van der Waals surface area contributed by atoms with E-state index >= 15 is 0 Å². The molecule has 23 heavy (non-hydrogen) atoms. The summed E-state index contributed by atoms with van der Waals surface area (Å²) in [5, 5.41) is 2.96. The van der Waals surface area contributed by atoms with Gasteiger partial charge in [-0.3, -0.25) is 9.59 Å². The number of carbonyl (C=O) groups excluding carboxylic acids is 2. The van der Waals surface area contributed by atoms with Crippen LogP contribution in [0.25, 0.3) is 10.9 Å². The first-order valence-electron chi connectivity index (χ1n) is 6.88. The Bertz CT molecular complexity index is 885. The third-order valence-corrected chi connectivity index (χ3v) is 3.46. The average molecular weight is 314 g/mol. The number of H-pyrrole nitrogens is 1. The molecule has 0 aliphatic rings. The Balaban J connectivity index is 1.73. The number of nitrogens with one attached hydrogen (secondary N) is 2. The van der Waals surface area contributed by atoms with E-state index in [0.717, 1.165) is 0 Å². The number of aromatic nitrogens is 1. The summed E-state index contributed by atoms with van der Waals surface area (Å²) in [4.78, 5) is 26.9. The monoisotopic (exact) mass is 314 g/mol. The zero-order valence-corrected chi connectivity index (χ0v) is 11.9. The number of aromatic amines is 1. The Labute approximate surface area is 130 Å². The van der Waals surface area contributed by atoms with E-state index in [9.17, 15) is 18.4 Å². The fourth-order valence-corrected chi connectivity index (χ4v) is 2.27. The van der Waals surface area contributed by atoms with Crippen LogP contribution in [0.15, 0.2) is 48.7 Å². The summed E-state index contributed by atoms with van der Waals surface area (Å²) in [6.45, 7) is 0.113. The summed E-state index contributed by atoms with van der Waals surface area (Å²) in [5.74, 6) is -2.30. The van der Waals surface area contributed by atoms with E-state index in [1.54, 1.807) is 0 Å². The minimum atomic E-state index is -0.778. The van der Waals surface area contributed by atoms with Crippen molar-refractivity contribution in [1.29, 1.82) is 0 Å². The van der Waals surface area contributed by atoms with Crippen LogP contribution in [0, 0.1) is 11.6 Å². The van der Waals surface area contributed by atoms with E-state index in [4.69, 9.17) is 0 Å². The first-order chi connectivity index (χ1) is 11.0. The molecule has 0 atom stereocenters. The number of fused-ring (bicyclic) bond motifs is 1. The van der Waals surface area contributed by atoms with Crippen molar-refractivity contribution >= 4 is 22.6 Å². The molecule has 3 aromatic rings. The molecule has 0 bridgehead atoms.